The number of likely N-dealkylation sites (tertiary alicyclic amines) is 1. The standard InChI is InChI=1S/C22H33N3O5/c1-21(2,3)29-19(27)24-13-11-16(12-14-24)25(20(28)30-22(4,5)6)18(23)15-7-9-17(26)10-8-15/h7-10,16,23,26H,11-14H2,1-6H3. The molecule has 0 radical (unpaired) electrons. The van der Waals surface area contributed by atoms with E-state index in [0.717, 1.165) is 0 Å². The highest BCUT2D eigenvalue weighted by Crippen LogP contribution is 2.24. The van der Waals surface area contributed by atoms with Crippen LogP contribution in [0.25, 0.3) is 0 Å². The van der Waals surface area contributed by atoms with Crippen molar-refractivity contribution in [2.24, 2.45) is 0 Å². The topological polar surface area (TPSA) is 103 Å². The van der Waals surface area contributed by atoms with Crippen molar-refractivity contribution in [3.8, 4) is 5.75 Å². The number of carbonyl (C=O) groups is 2. The van der Waals surface area contributed by atoms with E-state index in [9.17, 15) is 14.7 Å². The Kier molecular flexibility index (Phi) is 7.00. The third-order valence-electron chi connectivity index (χ3n) is 4.45. The number of amides is 2. The number of hydrogen-bond acceptors (Lipinski definition) is 6. The maximum Gasteiger partial charge on any atom is 0.416 e. The Morgan fingerprint density at radius 3 is 1.97 bits per heavy atom. The zero-order valence-electron chi connectivity index (χ0n) is 18.7. The van der Waals surface area contributed by atoms with Crippen molar-refractivity contribution in [3.05, 3.63) is 29.8 Å². The quantitative estimate of drug-likeness (QED) is 0.548. The zero-order valence-corrected chi connectivity index (χ0v) is 18.7. The molecule has 2 amide bonds. The van der Waals surface area contributed by atoms with Crippen molar-refractivity contribution in [1.29, 1.82) is 5.41 Å². The van der Waals surface area contributed by atoms with Crippen LogP contribution in [0.1, 0.15) is 59.9 Å². The molecule has 0 atom stereocenters. The van der Waals surface area contributed by atoms with Gasteiger partial charge in [0.15, 0.2) is 0 Å². The smallest absolute Gasteiger partial charge is 0.416 e. The van der Waals surface area contributed by atoms with Crippen LogP contribution in [0.5, 0.6) is 5.75 Å². The van der Waals surface area contributed by atoms with Crippen molar-refractivity contribution in [3.63, 3.8) is 0 Å². The van der Waals surface area contributed by atoms with E-state index >= 15 is 0 Å². The highest BCUT2D eigenvalue weighted by Gasteiger charge is 2.36. The summed E-state index contributed by atoms with van der Waals surface area (Å²) in [5.41, 5.74) is -0.785. The van der Waals surface area contributed by atoms with Gasteiger partial charge >= 0.3 is 12.2 Å². The molecule has 1 aromatic carbocycles. The van der Waals surface area contributed by atoms with E-state index in [2.05, 4.69) is 0 Å². The summed E-state index contributed by atoms with van der Waals surface area (Å²) >= 11 is 0. The molecule has 30 heavy (non-hydrogen) atoms. The maximum absolute atomic E-state index is 13.0. The van der Waals surface area contributed by atoms with E-state index in [1.807, 2.05) is 20.8 Å². The second kappa shape index (κ2) is 8.93. The summed E-state index contributed by atoms with van der Waals surface area (Å²) in [4.78, 5) is 28.3. The van der Waals surface area contributed by atoms with E-state index in [1.165, 1.54) is 17.0 Å². The highest BCUT2D eigenvalue weighted by molar-refractivity contribution is 6.05. The Morgan fingerprint density at radius 2 is 1.50 bits per heavy atom. The Labute approximate surface area is 178 Å². The fourth-order valence-electron chi connectivity index (χ4n) is 3.13. The summed E-state index contributed by atoms with van der Waals surface area (Å²) in [6.07, 6.45) is 0.0208. The number of nitrogens with zero attached hydrogens (tertiary/aromatic N) is 2. The van der Waals surface area contributed by atoms with Crippen molar-refractivity contribution in [2.75, 3.05) is 13.1 Å². The number of hydrogen-bond donors (Lipinski definition) is 2. The fraction of sp³-hybridized carbons (Fsp3) is 0.591. The minimum atomic E-state index is -0.707. The van der Waals surface area contributed by atoms with E-state index in [0.29, 0.717) is 31.5 Å². The number of carbonyl (C=O) groups excluding carboxylic acids is 2. The first-order valence-corrected chi connectivity index (χ1v) is 10.1. The Bertz CT molecular complexity index is 769. The summed E-state index contributed by atoms with van der Waals surface area (Å²) in [5.74, 6) is 0.0843. The van der Waals surface area contributed by atoms with Crippen LogP contribution in [0.2, 0.25) is 0 Å². The normalized spacial score (nSPS) is 15.5. The number of benzene rings is 1. The lowest BCUT2D eigenvalue weighted by Crippen LogP contribution is -2.52. The largest absolute Gasteiger partial charge is 0.508 e. The van der Waals surface area contributed by atoms with Crippen LogP contribution in [0.4, 0.5) is 9.59 Å². The molecule has 1 aromatic rings. The first kappa shape index (κ1) is 23.5. The van der Waals surface area contributed by atoms with Crippen LogP contribution in [0.15, 0.2) is 24.3 Å². The summed E-state index contributed by atoms with van der Waals surface area (Å²) in [6, 6.07) is 5.83. The molecule has 1 heterocycles. The number of aromatic hydroxyl groups is 1. The van der Waals surface area contributed by atoms with Crippen molar-refractivity contribution in [2.45, 2.75) is 71.6 Å². The van der Waals surface area contributed by atoms with Crippen molar-refractivity contribution in [1.82, 2.24) is 9.80 Å². The van der Waals surface area contributed by atoms with E-state index in [-0.39, 0.29) is 23.7 Å². The number of piperidine rings is 1. The number of ether oxygens (including phenoxy) is 2. The summed E-state index contributed by atoms with van der Waals surface area (Å²) < 4.78 is 11.0. The van der Waals surface area contributed by atoms with Crippen LogP contribution in [-0.4, -0.2) is 63.3 Å². The van der Waals surface area contributed by atoms with E-state index < -0.39 is 17.3 Å². The molecule has 0 aromatic heterocycles. The molecule has 0 aliphatic carbocycles. The third kappa shape index (κ3) is 6.64. The molecular formula is C22H33N3O5. The number of nitrogens with one attached hydrogen (secondary N) is 1. The van der Waals surface area contributed by atoms with Gasteiger partial charge < -0.3 is 19.5 Å². The first-order valence-electron chi connectivity index (χ1n) is 10.1. The summed E-state index contributed by atoms with van der Waals surface area (Å²) in [5, 5.41) is 18.1. The number of amidine groups is 1. The Morgan fingerprint density at radius 1 is 1.00 bits per heavy atom. The van der Waals surface area contributed by atoms with Gasteiger partial charge in [-0.3, -0.25) is 10.3 Å². The number of phenolic OH excluding ortho intramolecular Hbond substituents is 1. The van der Waals surface area contributed by atoms with Crippen LogP contribution < -0.4 is 0 Å². The molecule has 1 aliphatic heterocycles. The van der Waals surface area contributed by atoms with E-state index in [1.54, 1.807) is 37.8 Å². The average molecular weight is 420 g/mol. The zero-order chi connectivity index (χ0) is 22.7. The lowest BCUT2D eigenvalue weighted by atomic mass is 10.0. The molecule has 0 saturated carbocycles. The van der Waals surface area contributed by atoms with Crippen molar-refractivity contribution >= 4 is 18.0 Å². The van der Waals surface area contributed by atoms with Gasteiger partial charge in [-0.25, -0.2) is 9.59 Å². The molecule has 0 bridgehead atoms. The van der Waals surface area contributed by atoms with Crippen LogP contribution in [0, 0.1) is 5.41 Å². The summed E-state index contributed by atoms with van der Waals surface area (Å²) in [7, 11) is 0. The van der Waals surface area contributed by atoms with Gasteiger partial charge in [0.2, 0.25) is 0 Å². The molecule has 8 heteroatoms. The predicted octanol–water partition coefficient (Wildman–Crippen LogP) is 4.35. The lowest BCUT2D eigenvalue weighted by molar-refractivity contribution is 0.0115. The van der Waals surface area contributed by atoms with Gasteiger partial charge in [0.1, 0.15) is 22.8 Å². The van der Waals surface area contributed by atoms with E-state index in [4.69, 9.17) is 14.9 Å². The molecule has 0 spiro atoms. The lowest BCUT2D eigenvalue weighted by Gasteiger charge is -2.39. The van der Waals surface area contributed by atoms with Gasteiger partial charge in [-0.1, -0.05) is 0 Å². The SMILES string of the molecule is CC(C)(C)OC(=O)N1CCC(N(C(=N)c2ccc(O)cc2)C(=O)OC(C)(C)C)CC1. The molecule has 8 nitrogen and oxygen atoms in total. The van der Waals surface area contributed by atoms with Gasteiger partial charge in [0.25, 0.3) is 0 Å². The highest BCUT2D eigenvalue weighted by atomic mass is 16.6. The minimum absolute atomic E-state index is 0.0000296. The third-order valence-corrected chi connectivity index (χ3v) is 4.45. The second-order valence-corrected chi connectivity index (χ2v) is 9.44. The molecule has 1 aliphatic rings. The Balaban J connectivity index is 2.17. The number of rotatable bonds is 2. The first-order chi connectivity index (χ1) is 13.8. The van der Waals surface area contributed by atoms with Crippen LogP contribution in [0.3, 0.4) is 0 Å². The fourth-order valence-corrected chi connectivity index (χ4v) is 3.13. The van der Waals surface area contributed by atoms with Gasteiger partial charge in [0, 0.05) is 24.7 Å². The average Bonchev–Trinajstić information content (AvgIpc) is 2.60. The second-order valence-electron chi connectivity index (χ2n) is 9.44. The minimum Gasteiger partial charge on any atom is -0.508 e. The molecule has 1 saturated heterocycles. The molecular weight excluding hydrogens is 386 g/mol. The monoisotopic (exact) mass is 419 g/mol. The van der Waals surface area contributed by atoms with Gasteiger partial charge in [-0.05, 0) is 78.6 Å². The maximum atomic E-state index is 13.0. The molecule has 0 unspecified atom stereocenters. The van der Waals surface area contributed by atoms with Gasteiger partial charge in [-0.15, -0.1) is 0 Å². The van der Waals surface area contributed by atoms with Gasteiger partial charge in [-0.2, -0.15) is 0 Å². The molecule has 2 rings (SSSR count). The molecule has 1 fully saturated rings. The van der Waals surface area contributed by atoms with Crippen LogP contribution >= 0.6 is 0 Å². The Hall–Kier alpha value is -2.77. The van der Waals surface area contributed by atoms with Crippen LogP contribution in [-0.2, 0) is 9.47 Å². The predicted molar refractivity (Wildman–Crippen MR) is 114 cm³/mol. The summed E-state index contributed by atoms with van der Waals surface area (Å²) in [6.45, 7) is 11.6. The van der Waals surface area contributed by atoms with Crippen molar-refractivity contribution < 1.29 is 24.2 Å². The van der Waals surface area contributed by atoms with Gasteiger partial charge in [0.05, 0.1) is 0 Å². The molecule has 166 valence electrons. The molecule has 2 N–H and O–H groups in total. The number of phenols is 1.